The van der Waals surface area contributed by atoms with Gasteiger partial charge in [-0.3, -0.25) is 4.79 Å². The molecule has 202 valence electrons. The number of carbonyl (C=O) groups excluding carboxylic acids is 3. The van der Waals surface area contributed by atoms with Gasteiger partial charge in [0.05, 0.1) is 17.3 Å². The van der Waals surface area contributed by atoms with Crippen LogP contribution >= 0.6 is 39.1 Å². The summed E-state index contributed by atoms with van der Waals surface area (Å²) in [4.78, 5) is 37.5. The van der Waals surface area contributed by atoms with Gasteiger partial charge in [0.2, 0.25) is 0 Å². The van der Waals surface area contributed by atoms with Gasteiger partial charge in [0.15, 0.2) is 6.61 Å². The fraction of sp³-hybridized carbons (Fsp3) is 0.0345. The van der Waals surface area contributed by atoms with E-state index in [0.29, 0.717) is 21.4 Å². The molecule has 1 amide bonds. The molecule has 0 spiro atoms. The maximum atomic E-state index is 12.8. The highest BCUT2D eigenvalue weighted by Crippen LogP contribution is 2.26. The topological polar surface area (TPSA) is 103 Å². The fourth-order valence-corrected chi connectivity index (χ4v) is 3.67. The van der Waals surface area contributed by atoms with Crippen LogP contribution in [0.2, 0.25) is 10.0 Å². The smallest absolute Gasteiger partial charge is 0.343 e. The quantitative estimate of drug-likeness (QED) is 0.0942. The number of rotatable bonds is 9. The van der Waals surface area contributed by atoms with Gasteiger partial charge >= 0.3 is 11.9 Å². The normalized spacial score (nSPS) is 10.7. The van der Waals surface area contributed by atoms with Gasteiger partial charge in [0, 0.05) is 26.1 Å². The van der Waals surface area contributed by atoms with Gasteiger partial charge in [-0.05, 0) is 84.9 Å². The molecule has 40 heavy (non-hydrogen) atoms. The van der Waals surface area contributed by atoms with Gasteiger partial charge in [0.25, 0.3) is 5.91 Å². The van der Waals surface area contributed by atoms with E-state index in [9.17, 15) is 14.4 Å². The minimum Gasteiger partial charge on any atom is -0.484 e. The van der Waals surface area contributed by atoms with Crippen molar-refractivity contribution in [3.63, 3.8) is 0 Å². The zero-order valence-electron chi connectivity index (χ0n) is 20.5. The second-order valence-corrected chi connectivity index (χ2v) is 9.82. The van der Waals surface area contributed by atoms with Crippen LogP contribution in [-0.4, -0.2) is 30.7 Å². The van der Waals surface area contributed by atoms with Crippen molar-refractivity contribution < 1.29 is 28.6 Å². The first-order valence-corrected chi connectivity index (χ1v) is 13.1. The average molecular weight is 642 g/mol. The molecule has 11 heteroatoms. The van der Waals surface area contributed by atoms with Crippen molar-refractivity contribution in [3.05, 3.63) is 122 Å². The first kappa shape index (κ1) is 28.8. The number of nitrogens with zero attached hydrogens (tertiary/aromatic N) is 1. The monoisotopic (exact) mass is 640 g/mol. The first-order chi connectivity index (χ1) is 19.3. The number of hydrogen-bond donors (Lipinski definition) is 1. The zero-order valence-corrected chi connectivity index (χ0v) is 23.6. The lowest BCUT2D eigenvalue weighted by Gasteiger charge is -2.11. The van der Waals surface area contributed by atoms with Gasteiger partial charge in [-0.25, -0.2) is 15.0 Å². The predicted octanol–water partition coefficient (Wildman–Crippen LogP) is 6.72. The van der Waals surface area contributed by atoms with Crippen molar-refractivity contribution in [3.8, 4) is 17.2 Å². The minimum atomic E-state index is -0.681. The highest BCUT2D eigenvalue weighted by atomic mass is 79.9. The van der Waals surface area contributed by atoms with Crippen molar-refractivity contribution in [1.29, 1.82) is 0 Å². The standard InChI is InChI=1S/C29H19BrCl2N2O6/c30-21-6-13-24(14-7-21)38-17-27(35)34-33-16-20-5-12-25(39-28(36)18-1-8-22(31)9-2-18)15-26(20)40-29(37)19-3-10-23(32)11-4-19/h1-16H,17H2,(H,34,35)/b33-16+. The van der Waals surface area contributed by atoms with Crippen molar-refractivity contribution in [1.82, 2.24) is 5.43 Å². The Kier molecular flexibility index (Phi) is 9.91. The maximum Gasteiger partial charge on any atom is 0.343 e. The zero-order chi connectivity index (χ0) is 28.5. The summed E-state index contributed by atoms with van der Waals surface area (Å²) in [6.45, 7) is -0.267. The summed E-state index contributed by atoms with van der Waals surface area (Å²) < 4.78 is 17.3. The Morgan fingerprint density at radius 2 is 1.30 bits per heavy atom. The lowest BCUT2D eigenvalue weighted by atomic mass is 10.2. The summed E-state index contributed by atoms with van der Waals surface area (Å²) >= 11 is 15.1. The SMILES string of the molecule is O=C(COc1ccc(Br)cc1)N/N=C/c1ccc(OC(=O)c2ccc(Cl)cc2)cc1OC(=O)c1ccc(Cl)cc1. The van der Waals surface area contributed by atoms with Gasteiger partial charge in [0.1, 0.15) is 17.2 Å². The molecule has 8 nitrogen and oxygen atoms in total. The van der Waals surface area contributed by atoms with Crippen molar-refractivity contribution in [2.24, 2.45) is 5.10 Å². The molecule has 0 aromatic heterocycles. The fourth-order valence-electron chi connectivity index (χ4n) is 3.16. The number of ether oxygens (including phenoxy) is 3. The largest absolute Gasteiger partial charge is 0.484 e. The number of esters is 2. The van der Waals surface area contributed by atoms with E-state index >= 15 is 0 Å². The average Bonchev–Trinajstić information content (AvgIpc) is 2.94. The van der Waals surface area contributed by atoms with E-state index in [2.05, 4.69) is 26.5 Å². The maximum absolute atomic E-state index is 12.8. The van der Waals surface area contributed by atoms with Gasteiger partial charge in [-0.15, -0.1) is 0 Å². The molecule has 0 aliphatic rings. The van der Waals surface area contributed by atoms with Gasteiger partial charge < -0.3 is 14.2 Å². The summed E-state index contributed by atoms with van der Waals surface area (Å²) in [5.74, 6) is -1.16. The van der Waals surface area contributed by atoms with Crippen molar-refractivity contribution in [2.45, 2.75) is 0 Å². The van der Waals surface area contributed by atoms with Crippen molar-refractivity contribution in [2.75, 3.05) is 6.61 Å². The third-order valence-corrected chi connectivity index (χ3v) is 6.17. The molecule has 0 bridgehead atoms. The second kappa shape index (κ2) is 13.7. The van der Waals surface area contributed by atoms with E-state index in [1.54, 1.807) is 48.5 Å². The predicted molar refractivity (Wildman–Crippen MR) is 155 cm³/mol. The Bertz CT molecular complexity index is 1540. The number of carbonyl (C=O) groups is 3. The number of benzene rings is 4. The van der Waals surface area contributed by atoms with E-state index in [1.165, 1.54) is 48.7 Å². The highest BCUT2D eigenvalue weighted by Gasteiger charge is 2.15. The molecule has 0 radical (unpaired) electrons. The Morgan fingerprint density at radius 1 is 0.750 bits per heavy atom. The van der Waals surface area contributed by atoms with E-state index in [4.69, 9.17) is 37.4 Å². The number of hydrogen-bond acceptors (Lipinski definition) is 7. The highest BCUT2D eigenvalue weighted by molar-refractivity contribution is 9.10. The number of hydrazone groups is 1. The first-order valence-electron chi connectivity index (χ1n) is 11.6. The molecular weight excluding hydrogens is 623 g/mol. The van der Waals surface area contributed by atoms with Gasteiger partial charge in [-0.2, -0.15) is 5.10 Å². The van der Waals surface area contributed by atoms with Crippen LogP contribution in [0.4, 0.5) is 0 Å². The second-order valence-electron chi connectivity index (χ2n) is 8.03. The Hall–Kier alpha value is -4.18. The van der Waals surface area contributed by atoms with E-state index in [0.717, 1.165) is 4.47 Å². The van der Waals surface area contributed by atoms with Crippen LogP contribution in [0.25, 0.3) is 0 Å². The van der Waals surface area contributed by atoms with E-state index in [-0.39, 0.29) is 29.2 Å². The van der Waals surface area contributed by atoms with Crippen LogP contribution in [0.15, 0.2) is 101 Å². The summed E-state index contributed by atoms with van der Waals surface area (Å²) in [5, 5.41) is 4.86. The lowest BCUT2D eigenvalue weighted by molar-refractivity contribution is -0.123. The summed E-state index contributed by atoms with van der Waals surface area (Å²) in [6.07, 6.45) is 1.28. The molecular formula is C29H19BrCl2N2O6. The van der Waals surface area contributed by atoms with Gasteiger partial charge in [-0.1, -0.05) is 39.1 Å². The molecule has 0 aliphatic carbocycles. The minimum absolute atomic E-state index is 0.0328. The Morgan fingerprint density at radius 3 is 1.90 bits per heavy atom. The van der Waals surface area contributed by atoms with E-state index in [1.807, 2.05) is 0 Å². The Balaban J connectivity index is 1.48. The molecule has 0 aliphatic heterocycles. The van der Waals surface area contributed by atoms with Crippen LogP contribution in [0.3, 0.4) is 0 Å². The van der Waals surface area contributed by atoms with Crippen LogP contribution in [-0.2, 0) is 4.79 Å². The number of amides is 1. The van der Waals surface area contributed by atoms with E-state index < -0.39 is 17.8 Å². The molecule has 4 aromatic carbocycles. The summed E-state index contributed by atoms with van der Waals surface area (Å²) in [7, 11) is 0. The van der Waals surface area contributed by atoms with Crippen LogP contribution < -0.4 is 19.6 Å². The summed E-state index contributed by atoms with van der Waals surface area (Å²) in [6, 6.07) is 23.7. The molecule has 0 heterocycles. The third-order valence-electron chi connectivity index (χ3n) is 5.13. The Labute approximate surface area is 247 Å². The van der Waals surface area contributed by atoms with Crippen LogP contribution in [0.1, 0.15) is 26.3 Å². The molecule has 4 rings (SSSR count). The van der Waals surface area contributed by atoms with Crippen molar-refractivity contribution >= 4 is 63.2 Å². The molecule has 0 unspecified atom stereocenters. The third kappa shape index (κ3) is 8.41. The molecule has 0 atom stereocenters. The molecule has 0 saturated heterocycles. The molecule has 0 fully saturated rings. The molecule has 4 aromatic rings. The van der Waals surface area contributed by atoms with Crippen LogP contribution in [0, 0.1) is 0 Å². The lowest BCUT2D eigenvalue weighted by Crippen LogP contribution is -2.24. The molecule has 0 saturated carbocycles. The summed E-state index contributed by atoms with van der Waals surface area (Å²) in [5.41, 5.74) is 3.20. The molecule has 1 N–H and O–H groups in total. The number of halogens is 3. The van der Waals surface area contributed by atoms with Crippen LogP contribution in [0.5, 0.6) is 17.2 Å². The number of nitrogens with one attached hydrogen (secondary N) is 1.